The quantitative estimate of drug-likeness (QED) is 0.416. The van der Waals surface area contributed by atoms with Crippen LogP contribution in [0.25, 0.3) is 22.3 Å². The number of nitrogens with zero attached hydrogens (tertiary/aromatic N) is 8. The zero-order valence-corrected chi connectivity index (χ0v) is 11.0. The number of aromatic nitrogens is 8. The van der Waals surface area contributed by atoms with Crippen LogP contribution in [0.15, 0.2) is 35.5 Å². The molecule has 4 aromatic heterocycles. The first-order valence-corrected chi connectivity index (χ1v) is 6.26. The molecule has 10 heteroatoms. The van der Waals surface area contributed by atoms with E-state index < -0.39 is 0 Å². The van der Waals surface area contributed by atoms with Crippen molar-refractivity contribution < 1.29 is 0 Å². The second-order valence-corrected chi connectivity index (χ2v) is 4.21. The lowest BCUT2D eigenvalue weighted by Gasteiger charge is -1.92. The van der Waals surface area contributed by atoms with Crippen molar-refractivity contribution in [3.8, 4) is 0 Å². The summed E-state index contributed by atoms with van der Waals surface area (Å²) in [6, 6.07) is 0. The van der Waals surface area contributed by atoms with Gasteiger partial charge in [0.2, 0.25) is 0 Å². The first-order valence-electron chi connectivity index (χ1n) is 6.26. The van der Waals surface area contributed by atoms with Gasteiger partial charge in [-0.25, -0.2) is 29.9 Å². The average molecular weight is 292 g/mol. The van der Waals surface area contributed by atoms with Gasteiger partial charge in [0.05, 0.1) is 25.1 Å². The van der Waals surface area contributed by atoms with Gasteiger partial charge in [-0.05, 0) is 0 Å². The fourth-order valence-electron chi connectivity index (χ4n) is 1.94. The number of aromatic amines is 2. The van der Waals surface area contributed by atoms with Crippen molar-refractivity contribution in [3.05, 3.63) is 36.7 Å². The van der Waals surface area contributed by atoms with Crippen LogP contribution in [0.1, 0.15) is 11.4 Å². The van der Waals surface area contributed by atoms with E-state index in [0.29, 0.717) is 33.7 Å². The first-order chi connectivity index (χ1) is 10.9. The molecule has 0 aromatic carbocycles. The molecule has 0 bridgehead atoms. The van der Waals surface area contributed by atoms with Gasteiger partial charge < -0.3 is 9.97 Å². The van der Waals surface area contributed by atoms with Crippen LogP contribution < -0.4 is 0 Å². The monoisotopic (exact) mass is 292 g/mol. The molecule has 4 aromatic rings. The molecule has 22 heavy (non-hydrogen) atoms. The fourth-order valence-corrected chi connectivity index (χ4v) is 1.94. The summed E-state index contributed by atoms with van der Waals surface area (Å²) in [6.45, 7) is 0. The number of H-pyrrole nitrogens is 2. The lowest BCUT2D eigenvalue weighted by atomic mass is 10.4. The summed E-state index contributed by atoms with van der Waals surface area (Å²) in [5, 5.41) is 7.94. The molecule has 0 aliphatic carbocycles. The number of fused-ring (bicyclic) bond motifs is 2. The van der Waals surface area contributed by atoms with E-state index in [-0.39, 0.29) is 0 Å². The minimum atomic E-state index is 0.579. The van der Waals surface area contributed by atoms with Gasteiger partial charge in [0, 0.05) is 0 Å². The number of nitrogens with one attached hydrogen (secondary N) is 2. The lowest BCUT2D eigenvalue weighted by molar-refractivity contribution is 1.17. The van der Waals surface area contributed by atoms with Crippen LogP contribution in [-0.4, -0.2) is 52.3 Å². The molecular formula is C12H8N10. The second kappa shape index (κ2) is 5.09. The van der Waals surface area contributed by atoms with E-state index in [1.807, 2.05) is 0 Å². The molecule has 4 heterocycles. The molecule has 106 valence electrons. The Bertz CT molecular complexity index is 913. The van der Waals surface area contributed by atoms with Crippen molar-refractivity contribution in [2.75, 3.05) is 0 Å². The van der Waals surface area contributed by atoms with E-state index in [1.54, 1.807) is 12.7 Å². The molecule has 0 spiro atoms. The number of hydrogen-bond donors (Lipinski definition) is 2. The Morgan fingerprint density at radius 1 is 0.682 bits per heavy atom. The molecule has 0 aliphatic rings. The Hall–Kier alpha value is -3.56. The molecule has 4 rings (SSSR count). The Labute approximate surface area is 122 Å². The van der Waals surface area contributed by atoms with Gasteiger partial charge in [-0.15, -0.1) is 0 Å². The van der Waals surface area contributed by atoms with Gasteiger partial charge in [-0.2, -0.15) is 10.2 Å². The van der Waals surface area contributed by atoms with Crippen LogP contribution in [0.5, 0.6) is 0 Å². The van der Waals surface area contributed by atoms with Crippen LogP contribution >= 0.6 is 0 Å². The minimum absolute atomic E-state index is 0.579. The van der Waals surface area contributed by atoms with Crippen LogP contribution in [-0.2, 0) is 0 Å². The molecule has 0 saturated carbocycles. The molecule has 2 N–H and O–H groups in total. The van der Waals surface area contributed by atoms with Crippen molar-refractivity contribution >= 4 is 34.8 Å². The Morgan fingerprint density at radius 2 is 1.18 bits per heavy atom. The Balaban J connectivity index is 1.62. The van der Waals surface area contributed by atoms with Gasteiger partial charge in [-0.3, -0.25) is 0 Å². The SMILES string of the molecule is C(=N\N=C\c1ncnc2nc[nH]c12)/c1ncnc2nc[nH]c12. The Morgan fingerprint density at radius 3 is 1.68 bits per heavy atom. The zero-order valence-electron chi connectivity index (χ0n) is 11.0. The van der Waals surface area contributed by atoms with Crippen molar-refractivity contribution in [3.63, 3.8) is 0 Å². The van der Waals surface area contributed by atoms with Gasteiger partial charge in [-0.1, -0.05) is 0 Å². The predicted molar refractivity (Wildman–Crippen MR) is 78.6 cm³/mol. The van der Waals surface area contributed by atoms with E-state index in [1.165, 1.54) is 25.1 Å². The molecule has 0 radical (unpaired) electrons. The highest BCUT2D eigenvalue weighted by Gasteiger charge is 2.03. The highest BCUT2D eigenvalue weighted by molar-refractivity contribution is 5.94. The smallest absolute Gasteiger partial charge is 0.181 e. The normalized spacial score (nSPS) is 12.2. The van der Waals surface area contributed by atoms with Crippen molar-refractivity contribution in [2.24, 2.45) is 10.2 Å². The van der Waals surface area contributed by atoms with Gasteiger partial charge in [0.15, 0.2) is 11.3 Å². The van der Waals surface area contributed by atoms with E-state index in [2.05, 4.69) is 50.1 Å². The van der Waals surface area contributed by atoms with E-state index in [4.69, 9.17) is 0 Å². The van der Waals surface area contributed by atoms with E-state index in [9.17, 15) is 0 Å². The number of rotatable bonds is 3. The number of hydrogen-bond acceptors (Lipinski definition) is 8. The zero-order chi connectivity index (χ0) is 14.8. The molecule has 0 atom stereocenters. The maximum absolute atomic E-state index is 4.12. The largest absolute Gasteiger partial charge is 0.341 e. The summed E-state index contributed by atoms with van der Waals surface area (Å²) in [6.07, 6.45) is 8.99. The standard InChI is InChI=1S/C12H8N10/c1(7-9-11(17-3-13-7)19-5-15-9)21-22-2-8-10-12(18-4-14-8)20-6-16-10/h1-6H,(H,13,15,17,19)(H,14,16,18,20)/b21-1+,22-2+. The first kappa shape index (κ1) is 12.2. The third-order valence-corrected chi connectivity index (χ3v) is 2.93. The molecule has 10 nitrogen and oxygen atoms in total. The van der Waals surface area contributed by atoms with E-state index in [0.717, 1.165) is 0 Å². The minimum Gasteiger partial charge on any atom is -0.341 e. The van der Waals surface area contributed by atoms with Gasteiger partial charge in [0.25, 0.3) is 0 Å². The molecule has 0 saturated heterocycles. The Kier molecular flexibility index (Phi) is 2.82. The molecule has 0 fully saturated rings. The maximum Gasteiger partial charge on any atom is 0.181 e. The van der Waals surface area contributed by atoms with Crippen LogP contribution in [0.4, 0.5) is 0 Å². The summed E-state index contributed by atoms with van der Waals surface area (Å²) in [5.74, 6) is 0. The lowest BCUT2D eigenvalue weighted by Crippen LogP contribution is -1.92. The fraction of sp³-hybridized carbons (Fsp3) is 0. The van der Waals surface area contributed by atoms with Crippen molar-refractivity contribution in [1.29, 1.82) is 0 Å². The second-order valence-electron chi connectivity index (χ2n) is 4.21. The number of imidazole rings is 2. The average Bonchev–Trinajstić information content (AvgIpc) is 3.20. The maximum atomic E-state index is 4.12. The summed E-state index contributed by atoms with van der Waals surface area (Å²) < 4.78 is 0. The molecular weight excluding hydrogens is 284 g/mol. The highest BCUT2D eigenvalue weighted by atomic mass is 15.2. The highest BCUT2D eigenvalue weighted by Crippen LogP contribution is 2.08. The molecule has 0 unspecified atom stereocenters. The van der Waals surface area contributed by atoms with Crippen molar-refractivity contribution in [1.82, 2.24) is 39.9 Å². The van der Waals surface area contributed by atoms with Crippen LogP contribution in [0.3, 0.4) is 0 Å². The summed E-state index contributed by atoms with van der Waals surface area (Å²) >= 11 is 0. The van der Waals surface area contributed by atoms with Crippen LogP contribution in [0, 0.1) is 0 Å². The molecule has 0 amide bonds. The topological polar surface area (TPSA) is 134 Å². The third kappa shape index (κ3) is 2.08. The van der Waals surface area contributed by atoms with Crippen molar-refractivity contribution in [2.45, 2.75) is 0 Å². The van der Waals surface area contributed by atoms with Crippen LogP contribution in [0.2, 0.25) is 0 Å². The van der Waals surface area contributed by atoms with Gasteiger partial charge >= 0.3 is 0 Å². The third-order valence-electron chi connectivity index (χ3n) is 2.93. The van der Waals surface area contributed by atoms with Gasteiger partial charge in [0.1, 0.15) is 35.1 Å². The predicted octanol–water partition coefficient (Wildman–Crippen LogP) is 0.472. The summed E-state index contributed by atoms with van der Waals surface area (Å²) in [5.41, 5.74) is 3.78. The summed E-state index contributed by atoms with van der Waals surface area (Å²) in [4.78, 5) is 30.3. The molecule has 0 aliphatic heterocycles. The summed E-state index contributed by atoms with van der Waals surface area (Å²) in [7, 11) is 0. The van der Waals surface area contributed by atoms with E-state index >= 15 is 0 Å².